The van der Waals surface area contributed by atoms with Crippen molar-refractivity contribution in [3.63, 3.8) is 0 Å². The lowest BCUT2D eigenvalue weighted by Gasteiger charge is -2.14. The van der Waals surface area contributed by atoms with Crippen molar-refractivity contribution in [2.45, 2.75) is 32.9 Å². The fraction of sp³-hybridized carbons (Fsp3) is 0.375. The Kier molecular flexibility index (Phi) is 11.5. The first kappa shape index (κ1) is 26.4. The van der Waals surface area contributed by atoms with E-state index in [1.165, 1.54) is 5.56 Å². The summed E-state index contributed by atoms with van der Waals surface area (Å²) in [5.41, 5.74) is 2.33. The van der Waals surface area contributed by atoms with Gasteiger partial charge in [-0.05, 0) is 41.8 Å². The Morgan fingerprint density at radius 2 is 1.73 bits per heavy atom. The van der Waals surface area contributed by atoms with E-state index in [0.29, 0.717) is 6.54 Å². The van der Waals surface area contributed by atoms with Crippen molar-refractivity contribution in [3.8, 4) is 11.5 Å². The highest BCUT2D eigenvalue weighted by atomic mass is 127. The Labute approximate surface area is 212 Å². The van der Waals surface area contributed by atoms with Gasteiger partial charge in [-0.1, -0.05) is 31.2 Å². The second kappa shape index (κ2) is 14.4. The molecule has 0 unspecified atom stereocenters. The summed E-state index contributed by atoms with van der Waals surface area (Å²) in [5.74, 6) is 3.45. The van der Waals surface area contributed by atoms with Crippen LogP contribution in [0.25, 0.3) is 0 Å². The van der Waals surface area contributed by atoms with Crippen molar-refractivity contribution >= 4 is 29.9 Å². The molecule has 0 aliphatic rings. The van der Waals surface area contributed by atoms with Crippen LogP contribution in [-0.4, -0.2) is 48.0 Å². The van der Waals surface area contributed by atoms with Gasteiger partial charge in [0.2, 0.25) is 0 Å². The van der Waals surface area contributed by atoms with Crippen molar-refractivity contribution in [1.82, 2.24) is 25.4 Å². The molecule has 2 aromatic carbocycles. The van der Waals surface area contributed by atoms with Gasteiger partial charge in [-0.3, -0.25) is 0 Å². The Balaban J connectivity index is 0.00000385. The van der Waals surface area contributed by atoms with Crippen LogP contribution < -0.4 is 20.1 Å². The molecule has 0 fully saturated rings. The Bertz CT molecular complexity index is 991. The molecule has 1 heterocycles. The predicted molar refractivity (Wildman–Crippen MR) is 142 cm³/mol. The first-order valence-electron chi connectivity index (χ1n) is 10.9. The van der Waals surface area contributed by atoms with E-state index in [2.05, 4.69) is 44.5 Å². The Hall–Kier alpha value is -2.82. The van der Waals surface area contributed by atoms with Crippen LogP contribution in [0.2, 0.25) is 0 Å². The number of halogens is 1. The van der Waals surface area contributed by atoms with Gasteiger partial charge in [0, 0.05) is 26.1 Å². The zero-order valence-corrected chi connectivity index (χ0v) is 21.8. The summed E-state index contributed by atoms with van der Waals surface area (Å²) in [6, 6.07) is 16.1. The summed E-state index contributed by atoms with van der Waals surface area (Å²) < 4.78 is 12.6. The van der Waals surface area contributed by atoms with E-state index < -0.39 is 0 Å². The van der Waals surface area contributed by atoms with E-state index in [9.17, 15) is 0 Å². The van der Waals surface area contributed by atoms with Gasteiger partial charge >= 0.3 is 0 Å². The highest BCUT2D eigenvalue weighted by molar-refractivity contribution is 14.0. The molecule has 9 heteroatoms. The number of rotatable bonds is 11. The predicted octanol–water partition coefficient (Wildman–Crippen LogP) is 3.45. The second-order valence-electron chi connectivity index (χ2n) is 7.26. The largest absolute Gasteiger partial charge is 0.497 e. The molecular formula is C24H33IN6O2. The van der Waals surface area contributed by atoms with E-state index in [-0.39, 0.29) is 24.0 Å². The molecule has 3 rings (SSSR count). The fourth-order valence-electron chi connectivity index (χ4n) is 3.27. The number of aliphatic imine (C=N–C) groups is 1. The SMILES string of the molecule is CCc1nncn1CCNC(=NCc1cccc(OC)c1)NCCc1ccc(OC)cc1.I. The van der Waals surface area contributed by atoms with Gasteiger partial charge in [0.05, 0.1) is 20.8 Å². The third kappa shape index (κ3) is 8.56. The maximum absolute atomic E-state index is 5.32. The number of benzene rings is 2. The lowest BCUT2D eigenvalue weighted by Crippen LogP contribution is -2.40. The molecule has 0 saturated carbocycles. The molecule has 0 aliphatic carbocycles. The summed E-state index contributed by atoms with van der Waals surface area (Å²) in [5, 5.41) is 15.0. The van der Waals surface area contributed by atoms with Crippen LogP contribution in [0.4, 0.5) is 0 Å². The number of ether oxygens (including phenoxy) is 2. The minimum Gasteiger partial charge on any atom is -0.497 e. The standard InChI is InChI=1S/C24H32N6O2.HI/c1-4-23-29-28-18-30(23)15-14-26-24(27-17-20-6-5-7-22(16-20)32-3)25-13-12-19-8-10-21(31-2)11-9-19;/h5-11,16,18H,4,12-15,17H2,1-3H3,(H2,25,26,27);1H. The molecule has 0 amide bonds. The number of hydrogen-bond donors (Lipinski definition) is 2. The van der Waals surface area contributed by atoms with Crippen LogP contribution in [-0.2, 0) is 25.9 Å². The van der Waals surface area contributed by atoms with Gasteiger partial charge in [0.15, 0.2) is 5.96 Å². The average molecular weight is 564 g/mol. The monoisotopic (exact) mass is 564 g/mol. The van der Waals surface area contributed by atoms with Crippen LogP contribution in [0, 0.1) is 0 Å². The average Bonchev–Trinajstić information content (AvgIpc) is 3.30. The molecule has 0 saturated heterocycles. The molecule has 0 radical (unpaired) electrons. The number of nitrogens with zero attached hydrogens (tertiary/aromatic N) is 4. The minimum atomic E-state index is 0. The molecule has 0 bridgehead atoms. The lowest BCUT2D eigenvalue weighted by molar-refractivity contribution is 0.414. The van der Waals surface area contributed by atoms with Crippen molar-refractivity contribution in [1.29, 1.82) is 0 Å². The molecule has 178 valence electrons. The van der Waals surface area contributed by atoms with E-state index in [4.69, 9.17) is 14.5 Å². The number of guanidine groups is 1. The van der Waals surface area contributed by atoms with E-state index in [0.717, 1.165) is 61.3 Å². The molecule has 33 heavy (non-hydrogen) atoms. The first-order chi connectivity index (χ1) is 15.7. The molecule has 3 aromatic rings. The van der Waals surface area contributed by atoms with Crippen LogP contribution in [0.5, 0.6) is 11.5 Å². The number of nitrogens with one attached hydrogen (secondary N) is 2. The van der Waals surface area contributed by atoms with E-state index >= 15 is 0 Å². The fourth-order valence-corrected chi connectivity index (χ4v) is 3.27. The zero-order valence-electron chi connectivity index (χ0n) is 19.5. The minimum absolute atomic E-state index is 0. The maximum Gasteiger partial charge on any atom is 0.191 e. The van der Waals surface area contributed by atoms with Crippen LogP contribution >= 0.6 is 24.0 Å². The van der Waals surface area contributed by atoms with Crippen molar-refractivity contribution in [2.24, 2.45) is 4.99 Å². The van der Waals surface area contributed by atoms with Gasteiger partial charge in [-0.15, -0.1) is 34.2 Å². The molecule has 0 atom stereocenters. The topological polar surface area (TPSA) is 85.6 Å². The molecule has 0 aliphatic heterocycles. The summed E-state index contributed by atoms with van der Waals surface area (Å²) in [6.07, 6.45) is 3.51. The molecule has 8 nitrogen and oxygen atoms in total. The zero-order chi connectivity index (χ0) is 22.6. The second-order valence-corrected chi connectivity index (χ2v) is 7.26. The molecule has 2 N–H and O–H groups in total. The highest BCUT2D eigenvalue weighted by Crippen LogP contribution is 2.13. The quantitative estimate of drug-likeness (QED) is 0.211. The maximum atomic E-state index is 5.32. The summed E-state index contributed by atoms with van der Waals surface area (Å²) >= 11 is 0. The number of methoxy groups -OCH3 is 2. The Morgan fingerprint density at radius 1 is 0.970 bits per heavy atom. The molecule has 0 spiro atoms. The van der Waals surface area contributed by atoms with Gasteiger partial charge in [0.25, 0.3) is 0 Å². The third-order valence-corrected chi connectivity index (χ3v) is 5.08. The van der Waals surface area contributed by atoms with Crippen LogP contribution in [0.15, 0.2) is 59.9 Å². The third-order valence-electron chi connectivity index (χ3n) is 5.08. The summed E-state index contributed by atoms with van der Waals surface area (Å²) in [4.78, 5) is 4.77. The smallest absolute Gasteiger partial charge is 0.191 e. The summed E-state index contributed by atoms with van der Waals surface area (Å²) in [7, 11) is 3.35. The Morgan fingerprint density at radius 3 is 2.45 bits per heavy atom. The van der Waals surface area contributed by atoms with Crippen LogP contribution in [0.3, 0.4) is 0 Å². The number of aryl methyl sites for hydroxylation is 1. The first-order valence-corrected chi connectivity index (χ1v) is 10.9. The lowest BCUT2D eigenvalue weighted by atomic mass is 10.1. The number of aromatic nitrogens is 3. The molecular weight excluding hydrogens is 531 g/mol. The van der Waals surface area contributed by atoms with E-state index in [1.54, 1.807) is 20.5 Å². The van der Waals surface area contributed by atoms with Gasteiger partial charge in [-0.25, -0.2) is 4.99 Å². The summed E-state index contributed by atoms with van der Waals surface area (Å²) in [6.45, 7) is 4.90. The van der Waals surface area contributed by atoms with Gasteiger partial charge < -0.3 is 24.7 Å². The van der Waals surface area contributed by atoms with Crippen molar-refractivity contribution in [2.75, 3.05) is 27.3 Å². The normalized spacial score (nSPS) is 10.9. The van der Waals surface area contributed by atoms with Gasteiger partial charge in [0.1, 0.15) is 23.7 Å². The van der Waals surface area contributed by atoms with Gasteiger partial charge in [-0.2, -0.15) is 0 Å². The van der Waals surface area contributed by atoms with Crippen molar-refractivity contribution in [3.05, 3.63) is 71.8 Å². The van der Waals surface area contributed by atoms with Crippen molar-refractivity contribution < 1.29 is 9.47 Å². The molecule has 1 aromatic heterocycles. The van der Waals surface area contributed by atoms with Crippen LogP contribution in [0.1, 0.15) is 23.9 Å². The highest BCUT2D eigenvalue weighted by Gasteiger charge is 2.04. The van der Waals surface area contributed by atoms with E-state index in [1.807, 2.05) is 36.4 Å². The number of hydrogen-bond acceptors (Lipinski definition) is 5.